The topological polar surface area (TPSA) is 77.2 Å². The van der Waals surface area contributed by atoms with Crippen molar-refractivity contribution in [1.29, 1.82) is 0 Å². The Labute approximate surface area is 119 Å². The van der Waals surface area contributed by atoms with E-state index < -0.39 is 29.1 Å². The normalized spacial score (nSPS) is 12.7. The Morgan fingerprint density at radius 3 is 2.29 bits per heavy atom. The third-order valence-electron chi connectivity index (χ3n) is 3.68. The molecular formula is C12H18F3N3O3. The molecule has 0 aliphatic rings. The number of ether oxygens (including phenoxy) is 1. The van der Waals surface area contributed by atoms with Crippen molar-refractivity contribution < 1.29 is 27.8 Å². The van der Waals surface area contributed by atoms with E-state index in [9.17, 15) is 18.0 Å². The lowest BCUT2D eigenvalue weighted by Gasteiger charge is -2.33. The Morgan fingerprint density at radius 2 is 1.90 bits per heavy atom. The maximum absolute atomic E-state index is 13.2. The van der Waals surface area contributed by atoms with Crippen LogP contribution in [0.15, 0.2) is 0 Å². The highest BCUT2D eigenvalue weighted by Gasteiger charge is 2.46. The van der Waals surface area contributed by atoms with Gasteiger partial charge in [-0.25, -0.2) is 9.48 Å². The van der Waals surface area contributed by atoms with Gasteiger partial charge in [0.25, 0.3) is 0 Å². The van der Waals surface area contributed by atoms with Crippen LogP contribution in [0.3, 0.4) is 0 Å². The predicted octanol–water partition coefficient (Wildman–Crippen LogP) is 2.55. The minimum absolute atomic E-state index is 0.237. The molecule has 0 saturated carbocycles. The van der Waals surface area contributed by atoms with Crippen molar-refractivity contribution in [3.05, 3.63) is 11.4 Å². The van der Waals surface area contributed by atoms with Gasteiger partial charge in [-0.15, -0.1) is 5.10 Å². The summed E-state index contributed by atoms with van der Waals surface area (Å²) in [7, 11) is 1.45. The monoisotopic (exact) mass is 309 g/mol. The highest BCUT2D eigenvalue weighted by molar-refractivity contribution is 5.86. The summed E-state index contributed by atoms with van der Waals surface area (Å²) in [6.07, 6.45) is -3.88. The Bertz CT molecular complexity index is 496. The van der Waals surface area contributed by atoms with E-state index in [2.05, 4.69) is 10.3 Å². The molecule has 0 atom stereocenters. The third-order valence-corrected chi connectivity index (χ3v) is 3.68. The molecule has 0 aliphatic carbocycles. The molecule has 0 spiro atoms. The van der Waals surface area contributed by atoms with Crippen molar-refractivity contribution in [3.63, 3.8) is 0 Å². The molecular weight excluding hydrogens is 291 g/mol. The van der Waals surface area contributed by atoms with Crippen LogP contribution in [0, 0.1) is 0 Å². The summed E-state index contributed by atoms with van der Waals surface area (Å²) in [6, 6.07) is 0. The molecule has 0 aliphatic heterocycles. The van der Waals surface area contributed by atoms with Crippen molar-refractivity contribution >= 4 is 5.97 Å². The second-order valence-electron chi connectivity index (χ2n) is 4.68. The van der Waals surface area contributed by atoms with Gasteiger partial charge in [0.1, 0.15) is 0 Å². The van der Waals surface area contributed by atoms with Gasteiger partial charge in [0.15, 0.2) is 5.69 Å². The standard InChI is InChI=1S/C12H18F3N3O3/c1-4-11(5-2,6-7-21-3)18-9(12(13,14)15)8(10(19)20)16-17-18/h4-7H2,1-3H3,(H,19,20). The lowest BCUT2D eigenvalue weighted by Crippen LogP contribution is -2.38. The van der Waals surface area contributed by atoms with E-state index in [1.807, 2.05) is 0 Å². The van der Waals surface area contributed by atoms with Crippen LogP contribution in [-0.2, 0) is 16.5 Å². The number of methoxy groups -OCH3 is 1. The van der Waals surface area contributed by atoms with Crippen LogP contribution in [0.5, 0.6) is 0 Å². The fourth-order valence-electron chi connectivity index (χ4n) is 2.31. The molecule has 0 saturated heterocycles. The second-order valence-corrected chi connectivity index (χ2v) is 4.68. The van der Waals surface area contributed by atoms with E-state index in [0.717, 1.165) is 0 Å². The molecule has 1 heterocycles. The number of alkyl halides is 3. The number of carbonyl (C=O) groups is 1. The van der Waals surface area contributed by atoms with Crippen molar-refractivity contribution in [1.82, 2.24) is 15.0 Å². The SMILES string of the molecule is CCC(CC)(CCOC)n1nnc(C(=O)O)c1C(F)(F)F. The quantitative estimate of drug-likeness (QED) is 0.837. The number of carboxylic acid groups (broad SMARTS) is 1. The molecule has 0 radical (unpaired) electrons. The summed E-state index contributed by atoms with van der Waals surface area (Å²) in [6.45, 7) is 3.68. The van der Waals surface area contributed by atoms with Gasteiger partial charge in [-0.2, -0.15) is 13.2 Å². The minimum Gasteiger partial charge on any atom is -0.476 e. The first kappa shape index (κ1) is 17.4. The highest BCUT2D eigenvalue weighted by Crippen LogP contribution is 2.38. The molecule has 1 aromatic heterocycles. The van der Waals surface area contributed by atoms with Gasteiger partial charge in [-0.3, -0.25) is 0 Å². The number of hydrogen-bond acceptors (Lipinski definition) is 4. The molecule has 120 valence electrons. The zero-order valence-electron chi connectivity index (χ0n) is 12.1. The zero-order chi connectivity index (χ0) is 16.3. The number of rotatable bonds is 7. The average molecular weight is 309 g/mol. The molecule has 0 unspecified atom stereocenters. The highest BCUT2D eigenvalue weighted by atomic mass is 19.4. The number of aromatic carboxylic acids is 1. The van der Waals surface area contributed by atoms with E-state index in [0.29, 0.717) is 17.5 Å². The molecule has 0 aromatic carbocycles. The molecule has 21 heavy (non-hydrogen) atoms. The third kappa shape index (κ3) is 3.34. The lowest BCUT2D eigenvalue weighted by molar-refractivity contribution is -0.147. The van der Waals surface area contributed by atoms with E-state index in [1.165, 1.54) is 7.11 Å². The summed E-state index contributed by atoms with van der Waals surface area (Å²) in [5, 5.41) is 15.6. The number of nitrogens with zero attached hydrogens (tertiary/aromatic N) is 3. The number of halogens is 3. The minimum atomic E-state index is -4.85. The summed E-state index contributed by atoms with van der Waals surface area (Å²) in [4.78, 5) is 11.0. The fourth-order valence-corrected chi connectivity index (χ4v) is 2.31. The number of carboxylic acids is 1. The molecule has 1 N–H and O–H groups in total. The first-order valence-electron chi connectivity index (χ1n) is 6.49. The zero-order valence-corrected chi connectivity index (χ0v) is 12.1. The van der Waals surface area contributed by atoms with Gasteiger partial charge in [-0.05, 0) is 19.3 Å². The van der Waals surface area contributed by atoms with Crippen molar-refractivity contribution in [2.75, 3.05) is 13.7 Å². The van der Waals surface area contributed by atoms with Crippen LogP contribution >= 0.6 is 0 Å². The summed E-state index contributed by atoms with van der Waals surface area (Å²) in [5.41, 5.74) is -3.39. The molecule has 1 rings (SSSR count). The summed E-state index contributed by atoms with van der Waals surface area (Å²) in [5.74, 6) is -1.75. The van der Waals surface area contributed by atoms with Gasteiger partial charge in [0, 0.05) is 13.7 Å². The second kappa shape index (κ2) is 6.42. The first-order valence-corrected chi connectivity index (χ1v) is 6.49. The maximum atomic E-state index is 13.2. The Balaban J connectivity index is 3.49. The van der Waals surface area contributed by atoms with Gasteiger partial charge in [0.2, 0.25) is 5.69 Å². The van der Waals surface area contributed by atoms with Crippen molar-refractivity contribution in [2.45, 2.75) is 44.8 Å². The van der Waals surface area contributed by atoms with Crippen LogP contribution in [0.2, 0.25) is 0 Å². The molecule has 1 aromatic rings. The van der Waals surface area contributed by atoms with Gasteiger partial charge in [-0.1, -0.05) is 19.1 Å². The van der Waals surface area contributed by atoms with E-state index >= 15 is 0 Å². The van der Waals surface area contributed by atoms with Crippen LogP contribution in [0.25, 0.3) is 0 Å². The van der Waals surface area contributed by atoms with E-state index in [4.69, 9.17) is 9.84 Å². The summed E-state index contributed by atoms with van der Waals surface area (Å²) < 4.78 is 45.3. The molecule has 0 fully saturated rings. The Kier molecular flexibility index (Phi) is 5.32. The fraction of sp³-hybridized carbons (Fsp3) is 0.750. The van der Waals surface area contributed by atoms with Gasteiger partial charge >= 0.3 is 12.1 Å². The predicted molar refractivity (Wildman–Crippen MR) is 67.0 cm³/mol. The van der Waals surface area contributed by atoms with Crippen LogP contribution < -0.4 is 0 Å². The Morgan fingerprint density at radius 1 is 1.33 bits per heavy atom. The van der Waals surface area contributed by atoms with Crippen LogP contribution in [0.4, 0.5) is 13.2 Å². The lowest BCUT2D eigenvalue weighted by atomic mass is 9.89. The number of aromatic nitrogens is 3. The first-order chi connectivity index (χ1) is 9.73. The Hall–Kier alpha value is -1.64. The molecule has 9 heteroatoms. The largest absolute Gasteiger partial charge is 0.476 e. The number of hydrogen-bond donors (Lipinski definition) is 1. The molecule has 0 bridgehead atoms. The van der Waals surface area contributed by atoms with Crippen LogP contribution in [0.1, 0.15) is 49.3 Å². The van der Waals surface area contributed by atoms with Crippen LogP contribution in [-0.4, -0.2) is 39.8 Å². The maximum Gasteiger partial charge on any atom is 0.435 e. The smallest absolute Gasteiger partial charge is 0.435 e. The summed E-state index contributed by atoms with van der Waals surface area (Å²) >= 11 is 0. The van der Waals surface area contributed by atoms with Crippen molar-refractivity contribution in [2.24, 2.45) is 0 Å². The van der Waals surface area contributed by atoms with Gasteiger partial charge < -0.3 is 9.84 Å². The average Bonchev–Trinajstić information content (AvgIpc) is 2.86. The van der Waals surface area contributed by atoms with Crippen molar-refractivity contribution in [3.8, 4) is 0 Å². The van der Waals surface area contributed by atoms with E-state index in [1.54, 1.807) is 13.8 Å². The van der Waals surface area contributed by atoms with Gasteiger partial charge in [0.05, 0.1) is 5.54 Å². The molecule has 6 nitrogen and oxygen atoms in total. The molecule has 0 amide bonds. The van der Waals surface area contributed by atoms with E-state index in [-0.39, 0.29) is 13.0 Å².